The minimum Gasteiger partial charge on any atom is -0.326 e. The fourth-order valence-electron chi connectivity index (χ4n) is 1.28. The van der Waals surface area contributed by atoms with Gasteiger partial charge in [-0.25, -0.2) is 0 Å². The molecule has 2 aromatic rings. The zero-order chi connectivity index (χ0) is 8.39. The van der Waals surface area contributed by atoms with Crippen molar-refractivity contribution >= 4 is 10.8 Å². The molecule has 0 aromatic heterocycles. The van der Waals surface area contributed by atoms with Crippen LogP contribution in [0, 0.1) is 6.07 Å². The maximum atomic E-state index is 5.51. The van der Waals surface area contributed by atoms with Crippen molar-refractivity contribution in [2.24, 2.45) is 5.73 Å². The Kier molecular flexibility index (Phi) is 1.80. The van der Waals surface area contributed by atoms with Crippen LogP contribution < -0.4 is 5.73 Å². The molecule has 0 saturated carbocycles. The topological polar surface area (TPSA) is 26.0 Å². The van der Waals surface area contributed by atoms with Gasteiger partial charge in [0.05, 0.1) is 0 Å². The summed E-state index contributed by atoms with van der Waals surface area (Å²) >= 11 is 0. The normalized spacial score (nSPS) is 10.4. The Morgan fingerprint density at radius 2 is 1.92 bits per heavy atom. The van der Waals surface area contributed by atoms with Crippen LogP contribution in [0.4, 0.5) is 0 Å². The second kappa shape index (κ2) is 2.95. The van der Waals surface area contributed by atoms with Crippen LogP contribution >= 0.6 is 0 Å². The number of fused-ring (bicyclic) bond motifs is 1. The lowest BCUT2D eigenvalue weighted by Gasteiger charge is -1.98. The smallest absolute Gasteiger partial charge is 0.0184 e. The number of hydrogen-bond donors (Lipinski definition) is 1. The zero-order valence-corrected chi connectivity index (χ0v) is 6.75. The van der Waals surface area contributed by atoms with Crippen LogP contribution in [-0.4, -0.2) is 0 Å². The van der Waals surface area contributed by atoms with Crippen molar-refractivity contribution in [2.75, 3.05) is 0 Å². The summed E-state index contributed by atoms with van der Waals surface area (Å²) in [7, 11) is 0. The lowest BCUT2D eigenvalue weighted by atomic mass is 10.1. The monoisotopic (exact) mass is 156 g/mol. The Morgan fingerprint density at radius 3 is 2.75 bits per heavy atom. The summed E-state index contributed by atoms with van der Waals surface area (Å²) in [6.07, 6.45) is 0. The molecule has 0 amide bonds. The summed E-state index contributed by atoms with van der Waals surface area (Å²) in [4.78, 5) is 0. The Bertz CT molecular complexity index is 393. The average Bonchev–Trinajstić information content (AvgIpc) is 2.17. The third-order valence-corrected chi connectivity index (χ3v) is 1.94. The van der Waals surface area contributed by atoms with E-state index < -0.39 is 0 Å². The Labute approximate surface area is 71.8 Å². The van der Waals surface area contributed by atoms with Gasteiger partial charge in [-0.2, -0.15) is 0 Å². The van der Waals surface area contributed by atoms with Crippen molar-refractivity contribution in [3.05, 3.63) is 48.0 Å². The first kappa shape index (κ1) is 7.32. The summed E-state index contributed by atoms with van der Waals surface area (Å²) < 4.78 is 0. The van der Waals surface area contributed by atoms with Crippen LogP contribution in [-0.2, 0) is 6.54 Å². The molecular weight excluding hydrogens is 146 g/mol. The first-order valence-electron chi connectivity index (χ1n) is 4.00. The first-order valence-corrected chi connectivity index (χ1v) is 4.00. The van der Waals surface area contributed by atoms with Crippen molar-refractivity contribution in [1.82, 2.24) is 0 Å². The fourth-order valence-corrected chi connectivity index (χ4v) is 1.28. The van der Waals surface area contributed by atoms with E-state index in [2.05, 4.69) is 24.3 Å². The van der Waals surface area contributed by atoms with Crippen LogP contribution in [0.1, 0.15) is 5.56 Å². The predicted octanol–water partition coefficient (Wildman–Crippen LogP) is 2.10. The Balaban J connectivity index is 2.67. The molecule has 2 N–H and O–H groups in total. The highest BCUT2D eigenvalue weighted by molar-refractivity contribution is 5.82. The molecule has 0 heterocycles. The lowest BCUT2D eigenvalue weighted by molar-refractivity contribution is 1.07. The quantitative estimate of drug-likeness (QED) is 0.672. The van der Waals surface area contributed by atoms with Crippen molar-refractivity contribution in [3.63, 3.8) is 0 Å². The molecule has 2 aromatic carbocycles. The predicted molar refractivity (Wildman–Crippen MR) is 50.7 cm³/mol. The molecule has 1 radical (unpaired) electrons. The molecule has 1 nitrogen and oxygen atoms in total. The van der Waals surface area contributed by atoms with Gasteiger partial charge in [0.1, 0.15) is 0 Å². The van der Waals surface area contributed by atoms with Gasteiger partial charge in [-0.3, -0.25) is 0 Å². The fraction of sp³-hybridized carbons (Fsp3) is 0.0909. The summed E-state index contributed by atoms with van der Waals surface area (Å²) in [6.45, 7) is 0.560. The number of hydrogen-bond acceptors (Lipinski definition) is 1. The largest absolute Gasteiger partial charge is 0.326 e. The highest BCUT2D eigenvalue weighted by Gasteiger charge is 1.93. The summed E-state index contributed by atoms with van der Waals surface area (Å²) in [5, 5.41) is 2.36. The van der Waals surface area contributed by atoms with Crippen LogP contribution in [0.3, 0.4) is 0 Å². The average molecular weight is 156 g/mol. The maximum Gasteiger partial charge on any atom is 0.0184 e. The van der Waals surface area contributed by atoms with Crippen LogP contribution in [0.2, 0.25) is 0 Å². The molecule has 0 aliphatic rings. The van der Waals surface area contributed by atoms with Gasteiger partial charge in [-0.1, -0.05) is 36.4 Å². The van der Waals surface area contributed by atoms with Gasteiger partial charge in [0.25, 0.3) is 0 Å². The van der Waals surface area contributed by atoms with E-state index in [0.29, 0.717) is 6.54 Å². The van der Waals surface area contributed by atoms with Crippen LogP contribution in [0.15, 0.2) is 36.4 Å². The van der Waals surface area contributed by atoms with Crippen molar-refractivity contribution in [3.8, 4) is 0 Å². The second-order valence-corrected chi connectivity index (χ2v) is 2.77. The molecule has 0 spiro atoms. The summed E-state index contributed by atoms with van der Waals surface area (Å²) in [5.74, 6) is 0. The molecule has 0 aliphatic heterocycles. The third-order valence-electron chi connectivity index (χ3n) is 1.94. The third kappa shape index (κ3) is 1.19. The molecule has 2 rings (SSSR count). The molecule has 0 bridgehead atoms. The highest BCUT2D eigenvalue weighted by atomic mass is 14.5. The molecule has 12 heavy (non-hydrogen) atoms. The van der Waals surface area contributed by atoms with Gasteiger partial charge in [-0.15, -0.1) is 0 Å². The summed E-state index contributed by atoms with van der Waals surface area (Å²) in [6, 6.07) is 15.5. The molecule has 59 valence electrons. The standard InChI is InChI=1S/C11H10N/c12-8-9-5-6-10-3-1-2-4-11(10)7-9/h1-6H,8,12H2. The molecule has 1 heteroatoms. The Hall–Kier alpha value is -1.34. The SMILES string of the molecule is NCc1[c]c2ccccc2cc1. The van der Waals surface area contributed by atoms with Gasteiger partial charge >= 0.3 is 0 Å². The van der Waals surface area contributed by atoms with E-state index in [1.54, 1.807) is 0 Å². The molecule has 0 fully saturated rings. The Morgan fingerprint density at radius 1 is 1.08 bits per heavy atom. The molecule has 0 saturated heterocycles. The van der Waals surface area contributed by atoms with E-state index in [1.807, 2.05) is 18.2 Å². The zero-order valence-electron chi connectivity index (χ0n) is 6.75. The minimum atomic E-state index is 0.560. The van der Waals surface area contributed by atoms with Crippen LogP contribution in [0.25, 0.3) is 10.8 Å². The number of rotatable bonds is 1. The van der Waals surface area contributed by atoms with Crippen molar-refractivity contribution in [2.45, 2.75) is 6.54 Å². The first-order chi connectivity index (χ1) is 5.90. The van der Waals surface area contributed by atoms with Crippen molar-refractivity contribution < 1.29 is 0 Å². The van der Waals surface area contributed by atoms with Gasteiger partial charge in [0.15, 0.2) is 0 Å². The maximum absolute atomic E-state index is 5.51. The molecule has 0 atom stereocenters. The number of benzene rings is 2. The number of nitrogens with two attached hydrogens (primary N) is 1. The van der Waals surface area contributed by atoms with E-state index in [0.717, 1.165) is 10.9 Å². The molecule has 0 aliphatic carbocycles. The van der Waals surface area contributed by atoms with Crippen LogP contribution in [0.5, 0.6) is 0 Å². The summed E-state index contributed by atoms with van der Waals surface area (Å²) in [5.41, 5.74) is 6.57. The van der Waals surface area contributed by atoms with Gasteiger partial charge in [0.2, 0.25) is 0 Å². The van der Waals surface area contributed by atoms with E-state index in [1.165, 1.54) is 5.39 Å². The molecular formula is C11H10N. The van der Waals surface area contributed by atoms with E-state index in [9.17, 15) is 0 Å². The van der Waals surface area contributed by atoms with E-state index in [4.69, 9.17) is 5.73 Å². The van der Waals surface area contributed by atoms with Gasteiger partial charge in [-0.05, 0) is 22.4 Å². The highest BCUT2D eigenvalue weighted by Crippen LogP contribution is 2.14. The lowest BCUT2D eigenvalue weighted by Crippen LogP contribution is -1.95. The van der Waals surface area contributed by atoms with Gasteiger partial charge < -0.3 is 5.73 Å². The minimum absolute atomic E-state index is 0.560. The van der Waals surface area contributed by atoms with E-state index in [-0.39, 0.29) is 0 Å². The second-order valence-electron chi connectivity index (χ2n) is 2.77. The molecule has 0 unspecified atom stereocenters. The van der Waals surface area contributed by atoms with E-state index >= 15 is 0 Å². The van der Waals surface area contributed by atoms with Gasteiger partial charge in [0, 0.05) is 6.54 Å². The van der Waals surface area contributed by atoms with Crippen molar-refractivity contribution in [1.29, 1.82) is 0 Å².